The van der Waals surface area contributed by atoms with Gasteiger partial charge in [0.2, 0.25) is 0 Å². The first kappa shape index (κ1) is 23.8. The molecule has 5 aromatic rings. The summed E-state index contributed by atoms with van der Waals surface area (Å²) in [5, 5.41) is 5.69. The highest BCUT2D eigenvalue weighted by molar-refractivity contribution is 6.05. The van der Waals surface area contributed by atoms with Gasteiger partial charge in [-0.05, 0) is 72.7 Å². The molecule has 5 rings (SSSR count). The molecule has 3 aromatic heterocycles. The van der Waals surface area contributed by atoms with Gasteiger partial charge in [-0.1, -0.05) is 26.0 Å². The minimum Gasteiger partial charge on any atom is -0.302 e. The molecule has 2 aromatic carbocycles. The molecule has 0 aliphatic heterocycles. The van der Waals surface area contributed by atoms with Crippen molar-refractivity contribution in [3.8, 4) is 33.5 Å². The van der Waals surface area contributed by atoms with Crippen LogP contribution in [0.15, 0.2) is 79.3 Å². The lowest BCUT2D eigenvalue weighted by Gasteiger charge is -2.17. The van der Waals surface area contributed by atoms with Gasteiger partial charge in [0, 0.05) is 47.2 Å². The van der Waals surface area contributed by atoms with E-state index in [4.69, 9.17) is 10.1 Å². The zero-order chi connectivity index (χ0) is 25.1. The molecule has 0 fully saturated rings. The molecule has 0 amide bonds. The van der Waals surface area contributed by atoms with Gasteiger partial charge in [0.25, 0.3) is 0 Å². The lowest BCUT2D eigenvalue weighted by Crippen LogP contribution is -2.27. The summed E-state index contributed by atoms with van der Waals surface area (Å²) in [7, 11) is 0. The zero-order valence-electron chi connectivity index (χ0n) is 20.3. The van der Waals surface area contributed by atoms with Gasteiger partial charge in [-0.15, -0.1) is 0 Å². The van der Waals surface area contributed by atoms with Crippen molar-refractivity contribution in [3.05, 3.63) is 90.9 Å². The first-order valence-electron chi connectivity index (χ1n) is 12.1. The monoisotopic (exact) mass is 483 g/mol. The topological polar surface area (TPSA) is 46.8 Å². The Morgan fingerprint density at radius 3 is 1.94 bits per heavy atom. The number of pyridine rings is 2. The van der Waals surface area contributed by atoms with Gasteiger partial charge in [0.1, 0.15) is 11.6 Å². The smallest absolute Gasteiger partial charge is 0.182 e. The highest BCUT2D eigenvalue weighted by atomic mass is 19.1. The van der Waals surface area contributed by atoms with Crippen molar-refractivity contribution in [2.24, 2.45) is 0 Å². The largest absolute Gasteiger partial charge is 0.302 e. The molecule has 0 saturated heterocycles. The Balaban J connectivity index is 1.79. The predicted molar refractivity (Wildman–Crippen MR) is 139 cm³/mol. The maximum absolute atomic E-state index is 13.9. The maximum atomic E-state index is 13.9. The van der Waals surface area contributed by atoms with E-state index in [0.717, 1.165) is 59.4 Å². The van der Waals surface area contributed by atoms with Gasteiger partial charge in [-0.2, -0.15) is 5.10 Å². The normalized spacial score (nSPS) is 11.5. The molecule has 0 radical (unpaired) electrons. The maximum Gasteiger partial charge on any atom is 0.182 e. The number of aromatic nitrogens is 4. The molecular weight excluding hydrogens is 456 g/mol. The van der Waals surface area contributed by atoms with Gasteiger partial charge in [0.15, 0.2) is 5.65 Å². The predicted octanol–water partition coefficient (Wildman–Crippen LogP) is 6.45. The minimum atomic E-state index is -0.315. The molecule has 5 nitrogen and oxygen atoms in total. The second kappa shape index (κ2) is 10.3. The lowest BCUT2D eigenvalue weighted by molar-refractivity contribution is 0.285. The summed E-state index contributed by atoms with van der Waals surface area (Å²) in [6, 6.07) is 16.6. The quantitative estimate of drug-likeness (QED) is 0.255. The molecule has 182 valence electrons. The van der Waals surface area contributed by atoms with Crippen LogP contribution in [-0.4, -0.2) is 44.3 Å². The third-order valence-electron chi connectivity index (χ3n) is 6.48. The van der Waals surface area contributed by atoms with Crippen LogP contribution in [0.3, 0.4) is 0 Å². The van der Waals surface area contributed by atoms with E-state index in [0.29, 0.717) is 11.3 Å². The fraction of sp³-hybridized carbons (Fsp3) is 0.207. The number of fused-ring (bicyclic) bond motifs is 1. The Morgan fingerprint density at radius 2 is 1.33 bits per heavy atom. The summed E-state index contributed by atoms with van der Waals surface area (Å²) in [5.41, 5.74) is 5.57. The standard InChI is InChI=1S/C29H27F2N5/c1-3-35(4-2)17-18-36-19-25-26(20-5-9-23(30)10-6-20)27(21-13-15-32-16-14-21)28(33-29(25)34-36)22-7-11-24(31)12-8-22/h5-16,19H,3-4,17-18H2,1-2H3. The molecule has 0 aliphatic rings. The first-order valence-corrected chi connectivity index (χ1v) is 12.1. The average Bonchev–Trinajstić information content (AvgIpc) is 3.32. The van der Waals surface area contributed by atoms with Crippen LogP contribution < -0.4 is 0 Å². The molecule has 36 heavy (non-hydrogen) atoms. The van der Waals surface area contributed by atoms with Crippen LogP contribution in [0, 0.1) is 11.6 Å². The molecule has 0 aliphatic carbocycles. The van der Waals surface area contributed by atoms with Crippen molar-refractivity contribution in [3.63, 3.8) is 0 Å². The molecule has 0 N–H and O–H groups in total. The summed E-state index contributed by atoms with van der Waals surface area (Å²) in [6.07, 6.45) is 5.48. The summed E-state index contributed by atoms with van der Waals surface area (Å²) < 4.78 is 29.6. The number of benzene rings is 2. The number of likely N-dealkylation sites (N-methyl/N-ethyl adjacent to an activating group) is 1. The molecular formula is C29H27F2N5. The van der Waals surface area contributed by atoms with Crippen molar-refractivity contribution in [1.29, 1.82) is 0 Å². The van der Waals surface area contributed by atoms with Crippen molar-refractivity contribution >= 4 is 11.0 Å². The number of hydrogen-bond donors (Lipinski definition) is 0. The minimum absolute atomic E-state index is 0.303. The summed E-state index contributed by atoms with van der Waals surface area (Å²) in [4.78, 5) is 11.5. The second-order valence-corrected chi connectivity index (χ2v) is 8.62. The van der Waals surface area contributed by atoms with Crippen molar-refractivity contribution in [2.75, 3.05) is 19.6 Å². The van der Waals surface area contributed by atoms with Crippen LogP contribution in [-0.2, 0) is 6.54 Å². The van der Waals surface area contributed by atoms with E-state index in [1.165, 1.54) is 24.3 Å². The van der Waals surface area contributed by atoms with Crippen molar-refractivity contribution < 1.29 is 8.78 Å². The van der Waals surface area contributed by atoms with E-state index >= 15 is 0 Å². The molecule has 0 bridgehead atoms. The van der Waals surface area contributed by atoms with E-state index in [1.54, 1.807) is 36.7 Å². The van der Waals surface area contributed by atoms with E-state index in [2.05, 4.69) is 23.7 Å². The molecule has 0 atom stereocenters. The Labute approximate surface area is 209 Å². The van der Waals surface area contributed by atoms with Gasteiger partial charge in [-0.25, -0.2) is 13.8 Å². The third-order valence-corrected chi connectivity index (χ3v) is 6.48. The van der Waals surface area contributed by atoms with Crippen LogP contribution in [0.1, 0.15) is 13.8 Å². The summed E-state index contributed by atoms with van der Waals surface area (Å²) in [5.74, 6) is -0.618. The van der Waals surface area contributed by atoms with E-state index in [9.17, 15) is 8.78 Å². The van der Waals surface area contributed by atoms with Crippen LogP contribution in [0.25, 0.3) is 44.5 Å². The Kier molecular flexibility index (Phi) is 6.82. The Morgan fingerprint density at radius 1 is 0.750 bits per heavy atom. The molecule has 7 heteroatoms. The highest BCUT2D eigenvalue weighted by Gasteiger charge is 2.22. The number of halogens is 2. The zero-order valence-corrected chi connectivity index (χ0v) is 20.3. The van der Waals surface area contributed by atoms with Crippen LogP contribution in [0.4, 0.5) is 8.78 Å². The summed E-state index contributed by atoms with van der Waals surface area (Å²) in [6.45, 7) is 7.82. The van der Waals surface area contributed by atoms with E-state index < -0.39 is 0 Å². The highest BCUT2D eigenvalue weighted by Crippen LogP contribution is 2.42. The number of rotatable bonds is 8. The van der Waals surface area contributed by atoms with E-state index in [1.807, 2.05) is 23.0 Å². The van der Waals surface area contributed by atoms with Gasteiger partial charge in [0.05, 0.1) is 12.2 Å². The first-order chi connectivity index (χ1) is 17.6. The van der Waals surface area contributed by atoms with Gasteiger partial charge in [-0.3, -0.25) is 9.67 Å². The number of hydrogen-bond acceptors (Lipinski definition) is 4. The van der Waals surface area contributed by atoms with Gasteiger partial charge < -0.3 is 4.90 Å². The third kappa shape index (κ3) is 4.75. The second-order valence-electron chi connectivity index (χ2n) is 8.62. The average molecular weight is 484 g/mol. The molecule has 0 saturated carbocycles. The van der Waals surface area contributed by atoms with Crippen molar-refractivity contribution in [1.82, 2.24) is 24.6 Å². The summed E-state index contributed by atoms with van der Waals surface area (Å²) >= 11 is 0. The van der Waals surface area contributed by atoms with Gasteiger partial charge >= 0.3 is 0 Å². The SMILES string of the molecule is CCN(CC)CCn1cc2c(-c3ccc(F)cc3)c(-c3ccncc3)c(-c3ccc(F)cc3)nc2n1. The van der Waals surface area contributed by atoms with Crippen molar-refractivity contribution in [2.45, 2.75) is 20.4 Å². The Bertz CT molecular complexity index is 1460. The van der Waals surface area contributed by atoms with Crippen LogP contribution >= 0.6 is 0 Å². The Hall–Kier alpha value is -3.97. The number of nitrogens with zero attached hydrogens (tertiary/aromatic N) is 5. The lowest BCUT2D eigenvalue weighted by atomic mass is 9.90. The fourth-order valence-corrected chi connectivity index (χ4v) is 4.52. The molecule has 3 heterocycles. The molecule has 0 unspecified atom stereocenters. The molecule has 0 spiro atoms. The van der Waals surface area contributed by atoms with E-state index in [-0.39, 0.29) is 11.6 Å². The van der Waals surface area contributed by atoms with Crippen LogP contribution in [0.5, 0.6) is 0 Å². The fourth-order valence-electron chi connectivity index (χ4n) is 4.52. The van der Waals surface area contributed by atoms with Crippen LogP contribution in [0.2, 0.25) is 0 Å².